The van der Waals surface area contributed by atoms with Gasteiger partial charge < -0.3 is 14.4 Å². The largest absolute Gasteiger partial charge is 0.480 e. The highest BCUT2D eigenvalue weighted by Gasteiger charge is 2.48. The molecule has 3 atom stereocenters. The minimum atomic E-state index is -0.895. The molecule has 5 nitrogen and oxygen atoms in total. The zero-order valence-corrected chi connectivity index (χ0v) is 11.5. The van der Waals surface area contributed by atoms with Gasteiger partial charge in [0.15, 0.2) is 0 Å². The SMILES string of the molecule is Cc1occc1C(=O)N1[C@@H]2CCCC[C@H]2C[C@H]1C(=O)O. The number of carbonyl (C=O) groups is 2. The Bertz CT molecular complexity index is 536. The van der Waals surface area contributed by atoms with E-state index >= 15 is 0 Å². The van der Waals surface area contributed by atoms with Crippen LogP contribution < -0.4 is 0 Å². The first-order valence-corrected chi connectivity index (χ1v) is 7.19. The third kappa shape index (κ3) is 2.01. The Balaban J connectivity index is 1.93. The molecule has 0 radical (unpaired) electrons. The van der Waals surface area contributed by atoms with Gasteiger partial charge in [-0.2, -0.15) is 0 Å². The van der Waals surface area contributed by atoms with Gasteiger partial charge >= 0.3 is 5.97 Å². The topological polar surface area (TPSA) is 70.8 Å². The van der Waals surface area contributed by atoms with Crippen LogP contribution in [-0.4, -0.2) is 34.0 Å². The zero-order valence-electron chi connectivity index (χ0n) is 11.5. The van der Waals surface area contributed by atoms with Crippen LogP contribution in [0, 0.1) is 12.8 Å². The first kappa shape index (κ1) is 13.2. The van der Waals surface area contributed by atoms with Gasteiger partial charge in [0.05, 0.1) is 11.8 Å². The quantitative estimate of drug-likeness (QED) is 0.901. The van der Waals surface area contributed by atoms with E-state index in [1.807, 2.05) is 0 Å². The highest BCUT2D eigenvalue weighted by molar-refractivity contribution is 5.98. The van der Waals surface area contributed by atoms with Crippen molar-refractivity contribution in [3.63, 3.8) is 0 Å². The number of carboxylic acid groups (broad SMARTS) is 1. The number of aryl methyl sites for hydroxylation is 1. The number of furan rings is 1. The van der Waals surface area contributed by atoms with E-state index in [4.69, 9.17) is 4.42 Å². The predicted molar refractivity (Wildman–Crippen MR) is 71.4 cm³/mol. The van der Waals surface area contributed by atoms with Crippen LogP contribution in [0.2, 0.25) is 0 Å². The van der Waals surface area contributed by atoms with Gasteiger partial charge in [0.2, 0.25) is 0 Å². The Morgan fingerprint density at radius 2 is 2.10 bits per heavy atom. The van der Waals surface area contributed by atoms with E-state index < -0.39 is 12.0 Å². The van der Waals surface area contributed by atoms with Gasteiger partial charge in [-0.05, 0) is 38.2 Å². The van der Waals surface area contributed by atoms with Gasteiger partial charge in [0, 0.05) is 6.04 Å². The third-order valence-electron chi connectivity index (χ3n) is 4.70. The van der Waals surface area contributed by atoms with Crippen LogP contribution in [0.15, 0.2) is 16.7 Å². The van der Waals surface area contributed by atoms with Crippen molar-refractivity contribution in [3.8, 4) is 0 Å². The van der Waals surface area contributed by atoms with Crippen molar-refractivity contribution in [3.05, 3.63) is 23.7 Å². The summed E-state index contributed by atoms with van der Waals surface area (Å²) in [5, 5.41) is 9.43. The number of nitrogens with zero attached hydrogens (tertiary/aromatic N) is 1. The number of aliphatic carboxylic acids is 1. The van der Waals surface area contributed by atoms with Crippen molar-refractivity contribution in [1.82, 2.24) is 4.90 Å². The average Bonchev–Trinajstić information content (AvgIpc) is 3.01. The average molecular weight is 277 g/mol. The molecule has 1 aromatic rings. The maximum Gasteiger partial charge on any atom is 0.326 e. The summed E-state index contributed by atoms with van der Waals surface area (Å²) in [4.78, 5) is 25.8. The van der Waals surface area contributed by atoms with Gasteiger partial charge in [0.1, 0.15) is 11.8 Å². The van der Waals surface area contributed by atoms with Crippen molar-refractivity contribution in [1.29, 1.82) is 0 Å². The molecule has 1 amide bonds. The standard InChI is InChI=1S/C15H19NO4/c1-9-11(6-7-20-9)14(17)16-12-5-3-2-4-10(12)8-13(16)15(18)19/h6-7,10,12-13H,2-5,8H2,1H3,(H,18,19)/t10-,12+,13-/m0/s1. The molecule has 3 rings (SSSR count). The van der Waals surface area contributed by atoms with Gasteiger partial charge in [-0.15, -0.1) is 0 Å². The molecule has 2 heterocycles. The van der Waals surface area contributed by atoms with Gasteiger partial charge in [-0.25, -0.2) is 4.79 Å². The Labute approximate surface area is 117 Å². The fraction of sp³-hybridized carbons (Fsp3) is 0.600. The molecule has 2 aliphatic rings. The number of hydrogen-bond acceptors (Lipinski definition) is 3. The summed E-state index contributed by atoms with van der Waals surface area (Å²) < 4.78 is 5.18. The maximum atomic E-state index is 12.7. The van der Waals surface area contributed by atoms with Crippen LogP contribution in [0.1, 0.15) is 48.2 Å². The second-order valence-corrected chi connectivity index (χ2v) is 5.80. The number of amides is 1. The number of rotatable bonds is 2. The van der Waals surface area contributed by atoms with Crippen LogP contribution in [-0.2, 0) is 4.79 Å². The Kier molecular flexibility index (Phi) is 3.28. The molecule has 1 N–H and O–H groups in total. The number of fused-ring (bicyclic) bond motifs is 1. The van der Waals surface area contributed by atoms with Gasteiger partial charge in [-0.1, -0.05) is 12.8 Å². The van der Waals surface area contributed by atoms with Crippen molar-refractivity contribution >= 4 is 11.9 Å². The number of hydrogen-bond donors (Lipinski definition) is 1. The molecule has 0 spiro atoms. The molecule has 0 aromatic carbocycles. The lowest BCUT2D eigenvalue weighted by atomic mass is 9.84. The van der Waals surface area contributed by atoms with Gasteiger partial charge in [0.25, 0.3) is 5.91 Å². The molecule has 1 saturated heterocycles. The molecule has 1 aromatic heterocycles. The minimum Gasteiger partial charge on any atom is -0.480 e. The zero-order chi connectivity index (χ0) is 14.3. The molecule has 5 heteroatoms. The summed E-state index contributed by atoms with van der Waals surface area (Å²) in [6, 6.07) is 1.02. The summed E-state index contributed by atoms with van der Waals surface area (Å²) >= 11 is 0. The molecule has 1 saturated carbocycles. The maximum absolute atomic E-state index is 12.7. The second-order valence-electron chi connectivity index (χ2n) is 5.80. The smallest absolute Gasteiger partial charge is 0.326 e. The highest BCUT2D eigenvalue weighted by atomic mass is 16.4. The van der Waals surface area contributed by atoms with Crippen LogP contribution in [0.5, 0.6) is 0 Å². The molecule has 2 fully saturated rings. The van der Waals surface area contributed by atoms with Gasteiger partial charge in [-0.3, -0.25) is 4.79 Å². The third-order valence-corrected chi connectivity index (χ3v) is 4.70. The first-order valence-electron chi connectivity index (χ1n) is 7.19. The Morgan fingerprint density at radius 3 is 2.75 bits per heavy atom. The number of carboxylic acids is 1. The monoisotopic (exact) mass is 277 g/mol. The lowest BCUT2D eigenvalue weighted by molar-refractivity contribution is -0.141. The minimum absolute atomic E-state index is 0.0756. The molecule has 1 aliphatic heterocycles. The van der Waals surface area contributed by atoms with E-state index in [1.165, 1.54) is 6.26 Å². The molecule has 1 aliphatic carbocycles. The summed E-state index contributed by atoms with van der Waals surface area (Å²) in [6.45, 7) is 1.73. The number of carbonyl (C=O) groups excluding carboxylic acids is 1. The molecule has 20 heavy (non-hydrogen) atoms. The molecular weight excluding hydrogens is 258 g/mol. The Morgan fingerprint density at radius 1 is 1.35 bits per heavy atom. The fourth-order valence-corrected chi connectivity index (χ4v) is 3.72. The molecule has 0 bridgehead atoms. The van der Waals surface area contributed by atoms with E-state index in [-0.39, 0.29) is 11.9 Å². The van der Waals surface area contributed by atoms with E-state index in [2.05, 4.69) is 0 Å². The van der Waals surface area contributed by atoms with Crippen LogP contribution >= 0.6 is 0 Å². The molecule has 108 valence electrons. The summed E-state index contributed by atoms with van der Waals surface area (Å²) in [5.74, 6) is -0.202. The van der Waals surface area contributed by atoms with Crippen molar-refractivity contribution in [2.24, 2.45) is 5.92 Å². The first-order chi connectivity index (χ1) is 9.59. The highest BCUT2D eigenvalue weighted by Crippen LogP contribution is 2.40. The lowest BCUT2D eigenvalue weighted by Gasteiger charge is -2.32. The Hall–Kier alpha value is -1.78. The normalized spacial score (nSPS) is 29.2. The summed E-state index contributed by atoms with van der Waals surface area (Å²) in [5.41, 5.74) is 0.488. The molecular formula is C15H19NO4. The fourth-order valence-electron chi connectivity index (χ4n) is 3.72. The van der Waals surface area contributed by atoms with Crippen LogP contribution in [0.4, 0.5) is 0 Å². The van der Waals surface area contributed by atoms with Crippen molar-refractivity contribution in [2.75, 3.05) is 0 Å². The number of likely N-dealkylation sites (tertiary alicyclic amines) is 1. The van der Waals surface area contributed by atoms with Crippen molar-refractivity contribution < 1.29 is 19.1 Å². The van der Waals surface area contributed by atoms with Crippen LogP contribution in [0.3, 0.4) is 0 Å². The van der Waals surface area contributed by atoms with E-state index in [9.17, 15) is 14.7 Å². The summed E-state index contributed by atoms with van der Waals surface area (Å²) in [7, 11) is 0. The summed E-state index contributed by atoms with van der Waals surface area (Å²) in [6.07, 6.45) is 6.22. The van der Waals surface area contributed by atoms with E-state index in [0.717, 1.165) is 25.7 Å². The predicted octanol–water partition coefficient (Wildman–Crippen LogP) is 2.45. The molecule has 0 unspecified atom stereocenters. The van der Waals surface area contributed by atoms with E-state index in [0.29, 0.717) is 23.7 Å². The lowest BCUT2D eigenvalue weighted by Crippen LogP contribution is -2.46. The second kappa shape index (κ2) is 4.96. The van der Waals surface area contributed by atoms with Crippen molar-refractivity contribution in [2.45, 2.75) is 51.1 Å². The van der Waals surface area contributed by atoms with Crippen LogP contribution in [0.25, 0.3) is 0 Å². The van der Waals surface area contributed by atoms with E-state index in [1.54, 1.807) is 17.9 Å².